The number of benzene rings is 2. The topological polar surface area (TPSA) is 46.0 Å². The summed E-state index contributed by atoms with van der Waals surface area (Å²) in [5.41, 5.74) is 0.608. The fourth-order valence-corrected chi connectivity index (χ4v) is 2.35. The summed E-state index contributed by atoms with van der Waals surface area (Å²) in [5, 5.41) is 10.9. The second-order valence-electron chi connectivity index (χ2n) is 4.55. The first kappa shape index (κ1) is 15.5. The molecule has 3 rings (SSSR count). The quantitative estimate of drug-likeness (QED) is 0.561. The lowest BCUT2D eigenvalue weighted by Gasteiger charge is -2.02. The summed E-state index contributed by atoms with van der Waals surface area (Å²) in [6.07, 6.45) is 1.24. The van der Waals surface area contributed by atoms with Crippen molar-refractivity contribution >= 4 is 30.0 Å². The van der Waals surface area contributed by atoms with E-state index in [1.165, 1.54) is 35.2 Å². The highest BCUT2D eigenvalue weighted by atomic mass is 35.5. The number of hydrogen-bond donors (Lipinski definition) is 1. The Bertz CT molecular complexity index is 928. The van der Waals surface area contributed by atoms with Gasteiger partial charge in [-0.05, 0) is 36.5 Å². The zero-order chi connectivity index (χ0) is 16.4. The number of hydrogen-bond acceptors (Lipinski definition) is 3. The summed E-state index contributed by atoms with van der Waals surface area (Å²) in [5.74, 6) is -0.620. The molecule has 0 aliphatic heterocycles. The van der Waals surface area contributed by atoms with Crippen LogP contribution in [0.15, 0.2) is 47.6 Å². The Hall–Kier alpha value is -2.38. The van der Waals surface area contributed by atoms with Gasteiger partial charge in [0.05, 0.1) is 11.2 Å². The number of nitrogens with zero attached hydrogens (tertiary/aromatic N) is 3. The molecule has 0 aliphatic rings. The van der Waals surface area contributed by atoms with Crippen molar-refractivity contribution in [2.75, 3.05) is 0 Å². The molecule has 2 aromatic carbocycles. The molecule has 0 unspecified atom stereocenters. The summed E-state index contributed by atoms with van der Waals surface area (Å²) >= 11 is 11.0. The van der Waals surface area contributed by atoms with Crippen molar-refractivity contribution in [3.8, 4) is 11.4 Å². The number of rotatable bonds is 3. The Balaban J connectivity index is 2.06. The Kier molecular flexibility index (Phi) is 4.31. The van der Waals surface area contributed by atoms with Crippen LogP contribution in [0.2, 0.25) is 5.02 Å². The highest BCUT2D eigenvalue weighted by molar-refractivity contribution is 7.71. The average molecular weight is 351 g/mol. The molecular weight excluding hydrogens is 342 g/mol. The van der Waals surface area contributed by atoms with Crippen molar-refractivity contribution in [1.29, 1.82) is 0 Å². The lowest BCUT2D eigenvalue weighted by atomic mass is 10.2. The van der Waals surface area contributed by atoms with E-state index in [-0.39, 0.29) is 15.4 Å². The van der Waals surface area contributed by atoms with E-state index in [4.69, 9.17) is 23.8 Å². The maximum absolute atomic E-state index is 13.8. The van der Waals surface area contributed by atoms with Crippen molar-refractivity contribution in [1.82, 2.24) is 14.9 Å². The van der Waals surface area contributed by atoms with Gasteiger partial charge in [-0.25, -0.2) is 13.9 Å². The van der Waals surface area contributed by atoms with Gasteiger partial charge in [0.15, 0.2) is 5.82 Å². The summed E-state index contributed by atoms with van der Waals surface area (Å²) in [6, 6.07) is 10.1. The molecule has 3 aromatic rings. The molecule has 0 saturated heterocycles. The van der Waals surface area contributed by atoms with Gasteiger partial charge in [0, 0.05) is 11.1 Å². The van der Waals surface area contributed by atoms with Crippen molar-refractivity contribution in [2.24, 2.45) is 5.10 Å². The third-order valence-electron chi connectivity index (χ3n) is 3.04. The molecule has 0 fully saturated rings. The van der Waals surface area contributed by atoms with Crippen molar-refractivity contribution < 1.29 is 8.78 Å². The SMILES string of the molecule is Fc1cccc(-c2n[nH]c(=S)n2/N=C\c2c(F)cccc2Cl)c1. The predicted molar refractivity (Wildman–Crippen MR) is 87.2 cm³/mol. The number of H-pyrrole nitrogens is 1. The van der Waals surface area contributed by atoms with Gasteiger partial charge < -0.3 is 0 Å². The molecule has 0 bridgehead atoms. The Labute approximate surface area is 140 Å². The molecule has 1 aromatic heterocycles. The molecule has 1 heterocycles. The molecule has 8 heteroatoms. The van der Waals surface area contributed by atoms with Crippen LogP contribution in [-0.4, -0.2) is 21.1 Å². The Morgan fingerprint density at radius 1 is 1.22 bits per heavy atom. The van der Waals surface area contributed by atoms with Gasteiger partial charge in [-0.1, -0.05) is 29.8 Å². The van der Waals surface area contributed by atoms with Crippen LogP contribution in [0.4, 0.5) is 8.78 Å². The molecule has 4 nitrogen and oxygen atoms in total. The second-order valence-corrected chi connectivity index (χ2v) is 5.35. The largest absolute Gasteiger partial charge is 0.250 e. The van der Waals surface area contributed by atoms with Crippen molar-refractivity contribution in [3.05, 3.63) is 69.5 Å². The van der Waals surface area contributed by atoms with E-state index in [1.54, 1.807) is 18.2 Å². The first-order chi connectivity index (χ1) is 11.1. The standard InChI is InChI=1S/C15H9ClF2N4S/c16-12-5-2-6-13(18)11(12)8-19-22-14(20-21-15(22)23)9-3-1-4-10(17)7-9/h1-8H,(H,21,23)/b19-8-. The number of nitrogens with one attached hydrogen (secondary N) is 1. The Morgan fingerprint density at radius 2 is 2.00 bits per heavy atom. The van der Waals surface area contributed by atoms with E-state index in [0.717, 1.165) is 0 Å². The van der Waals surface area contributed by atoms with E-state index in [0.29, 0.717) is 11.4 Å². The molecule has 0 atom stereocenters. The van der Waals surface area contributed by atoms with Crippen LogP contribution in [-0.2, 0) is 0 Å². The van der Waals surface area contributed by atoms with Crippen LogP contribution in [0.3, 0.4) is 0 Å². The van der Waals surface area contributed by atoms with Crippen LogP contribution in [0.1, 0.15) is 5.56 Å². The van der Waals surface area contributed by atoms with Gasteiger partial charge in [-0.2, -0.15) is 14.9 Å². The molecule has 1 N–H and O–H groups in total. The van der Waals surface area contributed by atoms with E-state index >= 15 is 0 Å². The third kappa shape index (κ3) is 3.20. The lowest BCUT2D eigenvalue weighted by Crippen LogP contribution is -1.97. The van der Waals surface area contributed by atoms with Crippen LogP contribution in [0.25, 0.3) is 11.4 Å². The summed E-state index contributed by atoms with van der Waals surface area (Å²) in [4.78, 5) is 0. The molecule has 0 saturated carbocycles. The van der Waals surface area contributed by atoms with Gasteiger partial charge in [-0.15, -0.1) is 0 Å². The molecule has 0 amide bonds. The smallest absolute Gasteiger partial charge is 0.216 e. The van der Waals surface area contributed by atoms with Crippen molar-refractivity contribution in [3.63, 3.8) is 0 Å². The van der Waals surface area contributed by atoms with E-state index in [2.05, 4.69) is 15.3 Å². The van der Waals surface area contributed by atoms with Gasteiger partial charge in [0.25, 0.3) is 0 Å². The zero-order valence-corrected chi connectivity index (χ0v) is 13.1. The molecule has 0 spiro atoms. The minimum absolute atomic E-state index is 0.127. The number of halogens is 3. The minimum atomic E-state index is -0.511. The molecule has 116 valence electrons. The van der Waals surface area contributed by atoms with Gasteiger partial charge >= 0.3 is 0 Å². The molecule has 0 aliphatic carbocycles. The minimum Gasteiger partial charge on any atom is -0.250 e. The highest BCUT2D eigenvalue weighted by Gasteiger charge is 2.10. The monoisotopic (exact) mass is 350 g/mol. The normalized spacial score (nSPS) is 11.3. The van der Waals surface area contributed by atoms with Crippen LogP contribution in [0, 0.1) is 16.4 Å². The lowest BCUT2D eigenvalue weighted by molar-refractivity contribution is 0.625. The van der Waals surface area contributed by atoms with E-state index in [1.807, 2.05) is 0 Å². The highest BCUT2D eigenvalue weighted by Crippen LogP contribution is 2.20. The van der Waals surface area contributed by atoms with Gasteiger partial charge in [0.2, 0.25) is 4.77 Å². The van der Waals surface area contributed by atoms with Crippen LogP contribution >= 0.6 is 23.8 Å². The van der Waals surface area contributed by atoms with Crippen LogP contribution < -0.4 is 0 Å². The molecular formula is C15H9ClF2N4S. The van der Waals surface area contributed by atoms with Crippen LogP contribution in [0.5, 0.6) is 0 Å². The predicted octanol–water partition coefficient (Wildman–Crippen LogP) is 4.42. The zero-order valence-electron chi connectivity index (χ0n) is 11.5. The fraction of sp³-hybridized carbons (Fsp3) is 0. The number of aromatic amines is 1. The second kappa shape index (κ2) is 6.39. The fourth-order valence-electron chi connectivity index (χ4n) is 1.96. The van der Waals surface area contributed by atoms with E-state index in [9.17, 15) is 8.78 Å². The number of aromatic nitrogens is 3. The first-order valence-electron chi connectivity index (χ1n) is 6.48. The maximum Gasteiger partial charge on any atom is 0.216 e. The van der Waals surface area contributed by atoms with Crippen molar-refractivity contribution in [2.45, 2.75) is 0 Å². The maximum atomic E-state index is 13.8. The molecule has 23 heavy (non-hydrogen) atoms. The Morgan fingerprint density at radius 3 is 2.74 bits per heavy atom. The molecule has 0 radical (unpaired) electrons. The first-order valence-corrected chi connectivity index (χ1v) is 7.26. The third-order valence-corrected chi connectivity index (χ3v) is 3.63. The summed E-state index contributed by atoms with van der Waals surface area (Å²) in [7, 11) is 0. The average Bonchev–Trinajstić information content (AvgIpc) is 2.88. The summed E-state index contributed by atoms with van der Waals surface area (Å²) in [6.45, 7) is 0. The van der Waals surface area contributed by atoms with E-state index < -0.39 is 11.6 Å². The summed E-state index contributed by atoms with van der Waals surface area (Å²) < 4.78 is 28.6. The van der Waals surface area contributed by atoms with Gasteiger partial charge in [0.1, 0.15) is 11.6 Å². The van der Waals surface area contributed by atoms with Gasteiger partial charge in [-0.3, -0.25) is 0 Å².